The highest BCUT2D eigenvalue weighted by Gasteiger charge is 2.24. The number of carboxylic acid groups (broad SMARTS) is 1. The smallest absolute Gasteiger partial charge is 0.350 e. The predicted molar refractivity (Wildman–Crippen MR) is 119 cm³/mol. The molecular weight excluding hydrogens is 438 g/mol. The molecule has 3 heterocycles. The van der Waals surface area contributed by atoms with Crippen molar-refractivity contribution in [1.29, 1.82) is 0 Å². The Hall–Kier alpha value is -3.36. The number of fused-ring (bicyclic) bond motifs is 3. The Bertz CT molecular complexity index is 1400. The van der Waals surface area contributed by atoms with Crippen molar-refractivity contribution in [3.05, 3.63) is 75.2 Å². The van der Waals surface area contributed by atoms with Crippen LogP contribution in [0.5, 0.6) is 5.75 Å². The first-order chi connectivity index (χ1) is 14.9. The van der Waals surface area contributed by atoms with Crippen LogP contribution in [0.3, 0.4) is 0 Å². The van der Waals surface area contributed by atoms with Gasteiger partial charge in [-0.25, -0.2) is 18.8 Å². The highest BCUT2D eigenvalue weighted by atomic mass is 35.5. The molecule has 0 aliphatic carbocycles. The third-order valence-electron chi connectivity index (χ3n) is 5.15. The minimum Gasteiger partial charge on any atom is -0.493 e. The quantitative estimate of drug-likeness (QED) is 0.501. The molecule has 4 aromatic rings. The molecule has 0 saturated heterocycles. The van der Waals surface area contributed by atoms with Gasteiger partial charge in [-0.3, -0.25) is 0 Å². The number of benzene rings is 2. The third kappa shape index (κ3) is 3.24. The lowest BCUT2D eigenvalue weighted by molar-refractivity contribution is 0.0696. The summed E-state index contributed by atoms with van der Waals surface area (Å²) in [6.07, 6.45) is 0.659. The van der Waals surface area contributed by atoms with Crippen LogP contribution in [-0.4, -0.2) is 32.0 Å². The summed E-state index contributed by atoms with van der Waals surface area (Å²) < 4.78 is 8.61. The molecular formula is C22H16ClN3O4S. The van der Waals surface area contributed by atoms with E-state index in [0.29, 0.717) is 35.3 Å². The van der Waals surface area contributed by atoms with E-state index in [-0.39, 0.29) is 11.3 Å². The summed E-state index contributed by atoms with van der Waals surface area (Å²) in [5.74, 6) is 0.0415. The predicted octanol–water partition coefficient (Wildman–Crippen LogP) is 4.25. The monoisotopic (exact) mass is 453 g/mol. The Kier molecular flexibility index (Phi) is 4.68. The Morgan fingerprint density at radius 2 is 2.03 bits per heavy atom. The highest BCUT2D eigenvalue weighted by molar-refractivity contribution is 7.19. The molecule has 0 unspecified atom stereocenters. The Balaban J connectivity index is 1.69. The van der Waals surface area contributed by atoms with Crippen LogP contribution in [0.15, 0.2) is 53.3 Å². The normalized spacial score (nSPS) is 12.6. The standard InChI is InChI=1S/C22H16ClN3O4S/c1-25-22(29)26(16-5-3-2-4-15(16)23)20(24-25)18-11-12-8-9-30-17-10-13(21(27)28)6-7-14(17)19(12)31-18/h2-7,10-11H,8-9H2,1H3,(H,27,28). The van der Waals surface area contributed by atoms with Gasteiger partial charge in [-0.05, 0) is 42.0 Å². The molecule has 1 aliphatic rings. The van der Waals surface area contributed by atoms with Crippen LogP contribution in [-0.2, 0) is 13.5 Å². The van der Waals surface area contributed by atoms with Gasteiger partial charge in [0.25, 0.3) is 0 Å². The number of rotatable bonds is 3. The van der Waals surface area contributed by atoms with Crippen LogP contribution in [0.25, 0.3) is 26.8 Å². The van der Waals surface area contributed by atoms with Gasteiger partial charge >= 0.3 is 11.7 Å². The average molecular weight is 454 g/mol. The Morgan fingerprint density at radius 1 is 1.23 bits per heavy atom. The summed E-state index contributed by atoms with van der Waals surface area (Å²) in [6, 6.07) is 14.0. The molecule has 7 nitrogen and oxygen atoms in total. The molecule has 2 aromatic carbocycles. The summed E-state index contributed by atoms with van der Waals surface area (Å²) in [5.41, 5.74) is 2.34. The van der Waals surface area contributed by atoms with E-state index in [2.05, 4.69) is 5.10 Å². The molecule has 156 valence electrons. The molecule has 0 spiro atoms. The molecule has 1 N–H and O–H groups in total. The van der Waals surface area contributed by atoms with Gasteiger partial charge in [-0.1, -0.05) is 23.7 Å². The Morgan fingerprint density at radius 3 is 2.81 bits per heavy atom. The number of ether oxygens (including phenoxy) is 1. The first-order valence-corrected chi connectivity index (χ1v) is 10.7. The van der Waals surface area contributed by atoms with E-state index < -0.39 is 5.97 Å². The Labute approximate surface area is 185 Å². The van der Waals surface area contributed by atoms with E-state index in [0.717, 1.165) is 20.9 Å². The van der Waals surface area contributed by atoms with E-state index in [1.54, 1.807) is 37.4 Å². The summed E-state index contributed by atoms with van der Waals surface area (Å²) >= 11 is 7.86. The number of nitrogens with zero attached hydrogens (tertiary/aromatic N) is 3. The van der Waals surface area contributed by atoms with Gasteiger partial charge in [0.2, 0.25) is 0 Å². The average Bonchev–Trinajstić information content (AvgIpc) is 3.24. The second-order valence-electron chi connectivity index (χ2n) is 7.10. The fraction of sp³-hybridized carbons (Fsp3) is 0.136. The van der Waals surface area contributed by atoms with Crippen LogP contribution < -0.4 is 10.4 Å². The van der Waals surface area contributed by atoms with Crippen LogP contribution in [0, 0.1) is 0 Å². The van der Waals surface area contributed by atoms with Gasteiger partial charge in [-0.15, -0.1) is 16.4 Å². The number of aryl methyl sites for hydroxylation is 1. The number of aromatic carboxylic acids is 1. The lowest BCUT2D eigenvalue weighted by Crippen LogP contribution is -2.21. The summed E-state index contributed by atoms with van der Waals surface area (Å²) in [4.78, 5) is 26.0. The van der Waals surface area contributed by atoms with Crippen molar-refractivity contribution in [3.63, 3.8) is 0 Å². The van der Waals surface area contributed by atoms with Crippen LogP contribution >= 0.6 is 22.9 Å². The maximum atomic E-state index is 12.8. The molecule has 1 aliphatic heterocycles. The number of carbonyl (C=O) groups is 1. The number of para-hydroxylation sites is 1. The number of carboxylic acids is 1. The van der Waals surface area contributed by atoms with E-state index in [9.17, 15) is 14.7 Å². The molecule has 0 radical (unpaired) electrons. The van der Waals surface area contributed by atoms with Gasteiger partial charge in [-0.2, -0.15) is 0 Å². The molecule has 2 aromatic heterocycles. The molecule has 0 amide bonds. The van der Waals surface area contributed by atoms with Gasteiger partial charge < -0.3 is 9.84 Å². The highest BCUT2D eigenvalue weighted by Crippen LogP contribution is 2.44. The zero-order valence-electron chi connectivity index (χ0n) is 16.3. The second-order valence-corrected chi connectivity index (χ2v) is 8.56. The van der Waals surface area contributed by atoms with Gasteiger partial charge in [0.05, 0.1) is 27.8 Å². The summed E-state index contributed by atoms with van der Waals surface area (Å²) in [7, 11) is 1.61. The van der Waals surface area contributed by atoms with Crippen molar-refractivity contribution in [3.8, 4) is 32.6 Å². The van der Waals surface area contributed by atoms with Crippen molar-refractivity contribution >= 4 is 28.9 Å². The second kappa shape index (κ2) is 7.40. The molecule has 31 heavy (non-hydrogen) atoms. The number of aromatic nitrogens is 3. The van der Waals surface area contributed by atoms with Crippen LogP contribution in [0.1, 0.15) is 15.9 Å². The number of hydrogen-bond acceptors (Lipinski definition) is 5. The number of hydrogen-bond donors (Lipinski definition) is 1. The molecule has 0 atom stereocenters. The fourth-order valence-electron chi connectivity index (χ4n) is 3.66. The van der Waals surface area contributed by atoms with Crippen molar-refractivity contribution in [2.24, 2.45) is 7.05 Å². The number of halogens is 1. The summed E-state index contributed by atoms with van der Waals surface area (Å²) in [5, 5.41) is 14.2. The molecule has 9 heteroatoms. The lowest BCUT2D eigenvalue weighted by Gasteiger charge is -2.08. The van der Waals surface area contributed by atoms with E-state index in [1.807, 2.05) is 18.2 Å². The fourth-order valence-corrected chi connectivity index (χ4v) is 5.10. The topological polar surface area (TPSA) is 86.3 Å². The molecule has 0 bridgehead atoms. The largest absolute Gasteiger partial charge is 0.493 e. The third-order valence-corrected chi connectivity index (χ3v) is 6.68. The van der Waals surface area contributed by atoms with E-state index in [4.69, 9.17) is 16.3 Å². The van der Waals surface area contributed by atoms with Crippen molar-refractivity contribution in [1.82, 2.24) is 14.3 Å². The lowest BCUT2D eigenvalue weighted by atomic mass is 10.1. The van der Waals surface area contributed by atoms with Crippen molar-refractivity contribution in [2.75, 3.05) is 6.61 Å². The molecule has 0 fully saturated rings. The zero-order chi connectivity index (χ0) is 21.7. The van der Waals surface area contributed by atoms with Gasteiger partial charge in [0.1, 0.15) is 5.75 Å². The van der Waals surface area contributed by atoms with E-state index >= 15 is 0 Å². The minimum atomic E-state index is -1.00. The maximum absolute atomic E-state index is 12.8. The summed E-state index contributed by atoms with van der Waals surface area (Å²) in [6.45, 7) is 0.429. The van der Waals surface area contributed by atoms with E-state index in [1.165, 1.54) is 20.6 Å². The SMILES string of the molecule is Cn1nc(-c2cc3c(s2)-c2ccc(C(=O)O)cc2OCC3)n(-c2ccccc2Cl)c1=O. The van der Waals surface area contributed by atoms with Crippen molar-refractivity contribution in [2.45, 2.75) is 6.42 Å². The first-order valence-electron chi connectivity index (χ1n) is 9.48. The minimum absolute atomic E-state index is 0.177. The maximum Gasteiger partial charge on any atom is 0.350 e. The number of thiophene rings is 1. The van der Waals surface area contributed by atoms with Crippen LogP contribution in [0.4, 0.5) is 0 Å². The molecule has 0 saturated carbocycles. The van der Waals surface area contributed by atoms with Crippen molar-refractivity contribution < 1.29 is 14.6 Å². The molecule has 5 rings (SSSR count). The van der Waals surface area contributed by atoms with Gasteiger partial charge in [0, 0.05) is 23.9 Å². The first kappa shape index (κ1) is 19.6. The van der Waals surface area contributed by atoms with Gasteiger partial charge in [0.15, 0.2) is 5.82 Å². The zero-order valence-corrected chi connectivity index (χ0v) is 17.9. The van der Waals surface area contributed by atoms with Crippen LogP contribution in [0.2, 0.25) is 5.02 Å².